The van der Waals surface area contributed by atoms with Crippen molar-refractivity contribution in [3.8, 4) is 0 Å². The number of nitrogens with zero attached hydrogens (tertiary/aromatic N) is 1. The summed E-state index contributed by atoms with van der Waals surface area (Å²) < 4.78 is 2.65. The standard InChI is InChI=1S/C23H25ClN2/c1-16-9-10-21-20(13-16)19-7-3-8-22-23(19)26(21)12-4-11-25(22)15-17-5-2-6-18(24)14-17/h2,5-6,9-10,13-14,22H,3-4,7-8,11-12,15H2,1H3/p+1/t22-/m1/s1. The maximum Gasteiger partial charge on any atom is 0.129 e. The van der Waals surface area contributed by atoms with Gasteiger partial charge < -0.3 is 9.47 Å². The van der Waals surface area contributed by atoms with Gasteiger partial charge in [-0.3, -0.25) is 0 Å². The molecule has 2 atom stereocenters. The molecule has 0 saturated carbocycles. The molecule has 1 unspecified atom stereocenters. The van der Waals surface area contributed by atoms with Gasteiger partial charge in [0.05, 0.1) is 12.2 Å². The highest BCUT2D eigenvalue weighted by molar-refractivity contribution is 6.30. The summed E-state index contributed by atoms with van der Waals surface area (Å²) in [6.45, 7) is 5.69. The fourth-order valence-electron chi connectivity index (χ4n) is 5.24. The number of rotatable bonds is 2. The molecule has 0 spiro atoms. The Bertz CT molecular complexity index is 968. The SMILES string of the molecule is Cc1ccc2c(c1)c1c3n2CCC[NH+](Cc2cccc(Cl)c2)[C@@H]3CCC1. The van der Waals surface area contributed by atoms with E-state index in [1.807, 2.05) is 6.07 Å². The topological polar surface area (TPSA) is 9.37 Å². The van der Waals surface area contributed by atoms with E-state index in [9.17, 15) is 0 Å². The summed E-state index contributed by atoms with van der Waals surface area (Å²) in [5.41, 5.74) is 7.45. The zero-order valence-corrected chi connectivity index (χ0v) is 16.1. The Morgan fingerprint density at radius 3 is 2.96 bits per heavy atom. The molecule has 0 bridgehead atoms. The Morgan fingerprint density at radius 2 is 2.08 bits per heavy atom. The van der Waals surface area contributed by atoms with Crippen molar-refractivity contribution >= 4 is 22.5 Å². The van der Waals surface area contributed by atoms with Crippen LogP contribution in [0.2, 0.25) is 5.02 Å². The molecule has 26 heavy (non-hydrogen) atoms. The molecule has 134 valence electrons. The van der Waals surface area contributed by atoms with Crippen LogP contribution in [0.1, 0.15) is 47.7 Å². The molecule has 3 heteroatoms. The number of nitrogens with one attached hydrogen (secondary N) is 1. The van der Waals surface area contributed by atoms with Gasteiger partial charge in [0, 0.05) is 40.9 Å². The van der Waals surface area contributed by atoms with Crippen LogP contribution in [-0.4, -0.2) is 11.1 Å². The van der Waals surface area contributed by atoms with E-state index < -0.39 is 0 Å². The lowest BCUT2D eigenvalue weighted by molar-refractivity contribution is -0.945. The van der Waals surface area contributed by atoms with Crippen LogP contribution < -0.4 is 4.90 Å². The van der Waals surface area contributed by atoms with Crippen LogP contribution >= 0.6 is 11.6 Å². The minimum Gasteiger partial charge on any atom is -0.339 e. The molecule has 3 aromatic rings. The molecule has 1 aromatic heterocycles. The molecule has 2 heterocycles. The summed E-state index contributed by atoms with van der Waals surface area (Å²) >= 11 is 6.24. The predicted octanol–water partition coefficient (Wildman–Crippen LogP) is 4.47. The lowest BCUT2D eigenvalue weighted by atomic mass is 9.90. The van der Waals surface area contributed by atoms with Crippen LogP contribution in [0.15, 0.2) is 42.5 Å². The van der Waals surface area contributed by atoms with Gasteiger partial charge in [0.1, 0.15) is 12.6 Å². The van der Waals surface area contributed by atoms with Crippen LogP contribution in [0.5, 0.6) is 0 Å². The summed E-state index contributed by atoms with van der Waals surface area (Å²) in [5.74, 6) is 0. The minimum atomic E-state index is 0.618. The van der Waals surface area contributed by atoms with E-state index >= 15 is 0 Å². The van der Waals surface area contributed by atoms with E-state index in [0.717, 1.165) is 18.1 Å². The van der Waals surface area contributed by atoms with E-state index in [1.165, 1.54) is 54.3 Å². The van der Waals surface area contributed by atoms with Crippen LogP contribution in [0.25, 0.3) is 10.9 Å². The van der Waals surface area contributed by atoms with Gasteiger partial charge >= 0.3 is 0 Å². The average Bonchev–Trinajstić information content (AvgIpc) is 2.82. The Morgan fingerprint density at radius 1 is 1.15 bits per heavy atom. The van der Waals surface area contributed by atoms with Crippen LogP contribution in [0.4, 0.5) is 0 Å². The lowest BCUT2D eigenvalue weighted by Crippen LogP contribution is -3.11. The van der Waals surface area contributed by atoms with Crippen LogP contribution in [0.3, 0.4) is 0 Å². The van der Waals surface area contributed by atoms with Crippen molar-refractivity contribution in [2.75, 3.05) is 6.54 Å². The molecule has 0 saturated heterocycles. The second-order valence-electron chi connectivity index (χ2n) is 8.05. The zero-order valence-electron chi connectivity index (χ0n) is 15.4. The third kappa shape index (κ3) is 2.67. The number of aromatic nitrogens is 1. The first-order chi connectivity index (χ1) is 12.7. The van der Waals surface area contributed by atoms with Crippen molar-refractivity contribution in [1.82, 2.24) is 4.57 Å². The van der Waals surface area contributed by atoms with E-state index in [0.29, 0.717) is 6.04 Å². The first-order valence-electron chi connectivity index (χ1n) is 9.91. The summed E-state index contributed by atoms with van der Waals surface area (Å²) in [7, 11) is 0. The molecule has 1 N–H and O–H groups in total. The van der Waals surface area contributed by atoms with Gasteiger partial charge in [-0.25, -0.2) is 0 Å². The van der Waals surface area contributed by atoms with Crippen molar-refractivity contribution in [2.45, 2.75) is 51.7 Å². The third-order valence-electron chi connectivity index (χ3n) is 6.31. The number of halogens is 1. The van der Waals surface area contributed by atoms with Gasteiger partial charge in [-0.05, 0) is 49.6 Å². The molecule has 0 fully saturated rings. The quantitative estimate of drug-likeness (QED) is 0.686. The summed E-state index contributed by atoms with van der Waals surface area (Å²) in [6, 6.07) is 16.1. The fraction of sp³-hybridized carbons (Fsp3) is 0.391. The van der Waals surface area contributed by atoms with E-state index in [1.54, 1.807) is 16.2 Å². The first kappa shape index (κ1) is 16.4. The van der Waals surface area contributed by atoms with Gasteiger partial charge in [-0.15, -0.1) is 0 Å². The molecular weight excluding hydrogens is 340 g/mol. The monoisotopic (exact) mass is 365 g/mol. The fourth-order valence-corrected chi connectivity index (χ4v) is 5.45. The largest absolute Gasteiger partial charge is 0.339 e. The second-order valence-corrected chi connectivity index (χ2v) is 8.49. The van der Waals surface area contributed by atoms with Gasteiger partial charge in [0.15, 0.2) is 0 Å². The predicted molar refractivity (Wildman–Crippen MR) is 108 cm³/mol. The molecule has 2 aliphatic rings. The summed E-state index contributed by atoms with van der Waals surface area (Å²) in [5, 5.41) is 2.36. The lowest BCUT2D eigenvalue weighted by Gasteiger charge is -2.31. The second kappa shape index (κ2) is 6.44. The van der Waals surface area contributed by atoms with E-state index in [-0.39, 0.29) is 0 Å². The Hall–Kier alpha value is -1.77. The minimum absolute atomic E-state index is 0.618. The summed E-state index contributed by atoms with van der Waals surface area (Å²) in [4.78, 5) is 1.71. The molecule has 0 radical (unpaired) electrons. The van der Waals surface area contributed by atoms with Gasteiger partial charge in [-0.2, -0.15) is 0 Å². The highest BCUT2D eigenvalue weighted by Crippen LogP contribution is 2.37. The molecule has 1 aliphatic heterocycles. The first-order valence-corrected chi connectivity index (χ1v) is 10.3. The van der Waals surface area contributed by atoms with Crippen molar-refractivity contribution in [2.24, 2.45) is 0 Å². The number of benzene rings is 2. The van der Waals surface area contributed by atoms with Crippen molar-refractivity contribution < 1.29 is 4.90 Å². The maximum atomic E-state index is 6.24. The van der Waals surface area contributed by atoms with E-state index in [2.05, 4.69) is 47.9 Å². The molecule has 2 aromatic carbocycles. The molecule has 5 rings (SSSR count). The third-order valence-corrected chi connectivity index (χ3v) is 6.55. The number of aryl methyl sites for hydroxylation is 3. The van der Waals surface area contributed by atoms with Gasteiger partial charge in [0.25, 0.3) is 0 Å². The Labute approximate surface area is 160 Å². The maximum absolute atomic E-state index is 6.24. The Balaban J connectivity index is 1.60. The molecular formula is C23H26ClN2+. The molecule has 2 nitrogen and oxygen atoms in total. The van der Waals surface area contributed by atoms with Crippen LogP contribution in [0, 0.1) is 6.92 Å². The smallest absolute Gasteiger partial charge is 0.129 e. The Kier molecular flexibility index (Phi) is 4.06. The highest BCUT2D eigenvalue weighted by Gasteiger charge is 2.36. The number of hydrogen-bond donors (Lipinski definition) is 1. The van der Waals surface area contributed by atoms with Crippen molar-refractivity contribution in [3.63, 3.8) is 0 Å². The zero-order chi connectivity index (χ0) is 17.7. The average molecular weight is 366 g/mol. The molecule has 1 aliphatic carbocycles. The number of quaternary nitrogens is 1. The van der Waals surface area contributed by atoms with Crippen molar-refractivity contribution in [3.05, 3.63) is 69.9 Å². The number of fused-ring (bicyclic) bond motifs is 3. The summed E-state index contributed by atoms with van der Waals surface area (Å²) in [6.07, 6.45) is 5.10. The number of hydrogen-bond acceptors (Lipinski definition) is 0. The normalized spacial score (nSPS) is 22.2. The van der Waals surface area contributed by atoms with Crippen molar-refractivity contribution in [1.29, 1.82) is 0 Å². The molecule has 0 amide bonds. The van der Waals surface area contributed by atoms with E-state index in [4.69, 9.17) is 11.6 Å². The van der Waals surface area contributed by atoms with Gasteiger partial charge in [0.2, 0.25) is 0 Å². The van der Waals surface area contributed by atoms with Crippen LogP contribution in [-0.2, 0) is 19.5 Å². The highest BCUT2D eigenvalue weighted by atomic mass is 35.5. The van der Waals surface area contributed by atoms with Gasteiger partial charge in [-0.1, -0.05) is 35.4 Å².